The van der Waals surface area contributed by atoms with Crippen molar-refractivity contribution in [2.75, 3.05) is 4.90 Å². The van der Waals surface area contributed by atoms with Crippen LogP contribution in [0, 0.1) is 11.7 Å². The Kier molecular flexibility index (Phi) is 4.21. The van der Waals surface area contributed by atoms with Crippen LogP contribution in [0.1, 0.15) is 37.3 Å². The minimum atomic E-state index is -0.977. The third kappa shape index (κ3) is 2.52. The van der Waals surface area contributed by atoms with Crippen molar-refractivity contribution in [3.63, 3.8) is 0 Å². The molecule has 3 atom stereocenters. The summed E-state index contributed by atoms with van der Waals surface area (Å²) >= 11 is 3.70. The minimum absolute atomic E-state index is 0.0110. The van der Waals surface area contributed by atoms with Gasteiger partial charge in [-0.1, -0.05) is 45.8 Å². The summed E-state index contributed by atoms with van der Waals surface area (Å²) in [6, 6.07) is 12.2. The Bertz CT molecular complexity index is 987. The first-order chi connectivity index (χ1) is 13.5. The molecule has 0 radical (unpaired) electrons. The highest BCUT2D eigenvalue weighted by Crippen LogP contribution is 2.58. The van der Waals surface area contributed by atoms with Gasteiger partial charge >= 0.3 is 0 Å². The highest BCUT2D eigenvalue weighted by atomic mass is 79.9. The van der Waals surface area contributed by atoms with Crippen LogP contribution in [0.2, 0.25) is 0 Å². The first-order valence-corrected chi connectivity index (χ1v) is 10.5. The number of nitrogens with zero attached hydrogens (tertiary/aromatic N) is 1. The Morgan fingerprint density at radius 2 is 2.04 bits per heavy atom. The normalized spacial score (nSPS) is 28.5. The molecule has 144 valence electrons. The molecule has 1 unspecified atom stereocenters. The van der Waals surface area contributed by atoms with Crippen LogP contribution in [-0.2, 0) is 21.7 Å². The number of amides is 1. The first kappa shape index (κ1) is 18.1. The van der Waals surface area contributed by atoms with Crippen molar-refractivity contribution in [2.45, 2.75) is 44.4 Å². The molecule has 1 amide bonds. The number of carbonyl (C=O) groups excluding carboxylic acids is 1. The second-order valence-electron chi connectivity index (χ2n) is 7.93. The molecule has 2 aliphatic heterocycles. The number of anilines is 1. The average Bonchev–Trinajstić information content (AvgIpc) is 3.22. The molecule has 3 aliphatic rings. The lowest BCUT2D eigenvalue weighted by molar-refractivity contribution is -0.168. The molecule has 1 aliphatic carbocycles. The lowest BCUT2D eigenvalue weighted by Crippen LogP contribution is -2.52. The number of rotatable bonds is 2. The van der Waals surface area contributed by atoms with Crippen LogP contribution in [0.3, 0.4) is 0 Å². The number of benzene rings is 2. The van der Waals surface area contributed by atoms with Crippen molar-refractivity contribution in [1.29, 1.82) is 0 Å². The van der Waals surface area contributed by atoms with Crippen LogP contribution in [0.15, 0.2) is 58.6 Å². The highest BCUT2D eigenvalue weighted by molar-refractivity contribution is 9.10. The summed E-state index contributed by atoms with van der Waals surface area (Å²) in [6.45, 7) is 2.44. The molecule has 5 rings (SSSR count). The van der Waals surface area contributed by atoms with Gasteiger partial charge in [0, 0.05) is 16.0 Å². The van der Waals surface area contributed by atoms with E-state index in [1.54, 1.807) is 17.0 Å². The second kappa shape index (κ2) is 6.53. The summed E-state index contributed by atoms with van der Waals surface area (Å²) in [5.74, 6) is -0.212. The van der Waals surface area contributed by atoms with Crippen molar-refractivity contribution >= 4 is 27.5 Å². The molecule has 2 aromatic rings. The van der Waals surface area contributed by atoms with E-state index in [0.29, 0.717) is 6.54 Å². The van der Waals surface area contributed by atoms with Crippen LogP contribution >= 0.6 is 15.9 Å². The van der Waals surface area contributed by atoms with E-state index < -0.39 is 5.60 Å². The molecule has 2 heterocycles. The van der Waals surface area contributed by atoms with Gasteiger partial charge in [-0.25, -0.2) is 4.39 Å². The number of allylic oxidation sites excluding steroid dienone is 1. The van der Waals surface area contributed by atoms with Crippen LogP contribution in [0.4, 0.5) is 10.1 Å². The van der Waals surface area contributed by atoms with E-state index in [9.17, 15) is 9.18 Å². The van der Waals surface area contributed by atoms with Gasteiger partial charge < -0.3 is 9.64 Å². The quantitative estimate of drug-likeness (QED) is 0.577. The zero-order valence-electron chi connectivity index (χ0n) is 15.6. The van der Waals surface area contributed by atoms with E-state index in [1.807, 2.05) is 25.1 Å². The zero-order valence-corrected chi connectivity index (χ0v) is 17.2. The second-order valence-corrected chi connectivity index (χ2v) is 8.78. The molecule has 2 aromatic carbocycles. The average molecular weight is 442 g/mol. The van der Waals surface area contributed by atoms with Gasteiger partial charge in [0.15, 0.2) is 5.60 Å². The molecule has 0 saturated carbocycles. The SMILES string of the molecule is C[C@@H]1CC2=CCCC2[C@]2(O1)C(=O)N(Cc1ccc(F)cc1)c1cccc(Br)c12. The van der Waals surface area contributed by atoms with E-state index in [-0.39, 0.29) is 23.7 Å². The fraction of sp³-hybridized carbons (Fsp3) is 0.348. The van der Waals surface area contributed by atoms with E-state index in [2.05, 4.69) is 22.0 Å². The monoisotopic (exact) mass is 441 g/mol. The van der Waals surface area contributed by atoms with Crippen LogP contribution in [0.5, 0.6) is 0 Å². The Morgan fingerprint density at radius 1 is 1.25 bits per heavy atom. The molecule has 0 N–H and O–H groups in total. The molecule has 5 heteroatoms. The molecule has 0 bridgehead atoms. The van der Waals surface area contributed by atoms with Gasteiger partial charge in [0.1, 0.15) is 5.82 Å². The summed E-state index contributed by atoms with van der Waals surface area (Å²) in [5, 5.41) is 0. The summed E-state index contributed by atoms with van der Waals surface area (Å²) in [7, 11) is 0. The highest BCUT2D eigenvalue weighted by Gasteiger charge is 2.61. The molecule has 28 heavy (non-hydrogen) atoms. The van der Waals surface area contributed by atoms with Crippen LogP contribution in [-0.4, -0.2) is 12.0 Å². The van der Waals surface area contributed by atoms with E-state index in [1.165, 1.54) is 17.7 Å². The number of hydrogen-bond acceptors (Lipinski definition) is 2. The Hall–Kier alpha value is -1.98. The van der Waals surface area contributed by atoms with Gasteiger partial charge in [-0.15, -0.1) is 0 Å². The number of fused-ring (bicyclic) bond motifs is 4. The number of carbonyl (C=O) groups is 1. The Morgan fingerprint density at radius 3 is 2.82 bits per heavy atom. The third-order valence-corrected chi connectivity index (χ3v) is 6.84. The maximum Gasteiger partial charge on any atom is 0.264 e. The lowest BCUT2D eigenvalue weighted by Gasteiger charge is -2.43. The minimum Gasteiger partial charge on any atom is -0.356 e. The van der Waals surface area contributed by atoms with Gasteiger partial charge in [0.25, 0.3) is 5.91 Å². The number of halogens is 2. The van der Waals surface area contributed by atoms with Crippen molar-refractivity contribution in [3.8, 4) is 0 Å². The van der Waals surface area contributed by atoms with Crippen molar-refractivity contribution in [3.05, 3.63) is 75.5 Å². The van der Waals surface area contributed by atoms with Gasteiger partial charge in [0.2, 0.25) is 0 Å². The summed E-state index contributed by atoms with van der Waals surface area (Å²) in [6.07, 6.45) is 5.08. The molecule has 0 aromatic heterocycles. The van der Waals surface area contributed by atoms with E-state index >= 15 is 0 Å². The molecular weight excluding hydrogens is 421 g/mol. The van der Waals surface area contributed by atoms with Gasteiger partial charge in [-0.2, -0.15) is 0 Å². The maximum atomic E-state index is 13.9. The van der Waals surface area contributed by atoms with Gasteiger partial charge in [-0.05, 0) is 56.0 Å². The largest absolute Gasteiger partial charge is 0.356 e. The summed E-state index contributed by atoms with van der Waals surface area (Å²) in [5.41, 5.74) is 3.08. The Labute approximate surface area is 172 Å². The first-order valence-electron chi connectivity index (χ1n) is 9.73. The maximum absolute atomic E-state index is 13.9. The third-order valence-electron chi connectivity index (χ3n) is 6.18. The van der Waals surface area contributed by atoms with Crippen molar-refractivity contribution in [1.82, 2.24) is 0 Å². The van der Waals surface area contributed by atoms with Crippen molar-refractivity contribution < 1.29 is 13.9 Å². The predicted octanol–water partition coefficient (Wildman–Crippen LogP) is 5.48. The Balaban J connectivity index is 1.65. The topological polar surface area (TPSA) is 29.5 Å². The summed E-state index contributed by atoms with van der Waals surface area (Å²) in [4.78, 5) is 15.7. The fourth-order valence-corrected chi connectivity index (χ4v) is 5.76. The predicted molar refractivity (Wildman–Crippen MR) is 109 cm³/mol. The number of hydrogen-bond donors (Lipinski definition) is 0. The zero-order chi connectivity index (χ0) is 19.5. The smallest absolute Gasteiger partial charge is 0.264 e. The molecule has 3 nitrogen and oxygen atoms in total. The van der Waals surface area contributed by atoms with Crippen LogP contribution < -0.4 is 4.90 Å². The molecular formula is C23H21BrFNO2. The summed E-state index contributed by atoms with van der Waals surface area (Å²) < 4.78 is 20.8. The van der Waals surface area contributed by atoms with Crippen LogP contribution in [0.25, 0.3) is 0 Å². The molecule has 1 saturated heterocycles. The molecule has 1 fully saturated rings. The standard InChI is InChI=1S/C23H21BrFNO2/c1-14-12-16-4-2-5-18(16)23(28-14)21-19(24)6-3-7-20(21)26(22(23)27)13-15-8-10-17(25)11-9-15/h3-4,6-11,14,18H,2,5,12-13H2,1H3/t14-,18?,23-/m1/s1. The molecule has 1 spiro atoms. The van der Waals surface area contributed by atoms with Crippen molar-refractivity contribution in [2.24, 2.45) is 5.92 Å². The lowest BCUT2D eigenvalue weighted by atomic mass is 9.74. The van der Waals surface area contributed by atoms with Gasteiger partial charge in [0.05, 0.1) is 18.3 Å². The fourth-order valence-electron chi connectivity index (χ4n) is 5.11. The van der Waals surface area contributed by atoms with Gasteiger partial charge in [-0.3, -0.25) is 4.79 Å². The van der Waals surface area contributed by atoms with E-state index in [0.717, 1.165) is 40.5 Å². The number of ether oxygens (including phenoxy) is 1. The van der Waals surface area contributed by atoms with E-state index in [4.69, 9.17) is 4.74 Å².